The monoisotopic (exact) mass is 302 g/mol. The van der Waals surface area contributed by atoms with Crippen LogP contribution in [0.2, 0.25) is 0 Å². The molecular weight excluding hydrogens is 292 g/mol. The molecule has 0 fully saturated rings. The van der Waals surface area contributed by atoms with E-state index in [4.69, 9.17) is 0 Å². The van der Waals surface area contributed by atoms with Crippen LogP contribution in [0.15, 0.2) is 54.6 Å². The molecule has 2 aromatic carbocycles. The third-order valence-corrected chi connectivity index (χ3v) is 4.33. The van der Waals surface area contributed by atoms with Crippen molar-refractivity contribution in [3.8, 4) is 0 Å². The summed E-state index contributed by atoms with van der Waals surface area (Å²) in [5.41, 5.74) is 0.514. The number of benzene rings is 2. The van der Waals surface area contributed by atoms with Gasteiger partial charge in [-0.05, 0) is 36.4 Å². The van der Waals surface area contributed by atoms with Crippen LogP contribution in [0.5, 0.6) is 0 Å². The molecule has 0 radical (unpaired) electrons. The number of para-hydroxylation sites is 1. The lowest BCUT2D eigenvalue weighted by molar-refractivity contribution is 0.0981. The molecule has 106 valence electrons. The number of hydrogen-bond donors (Lipinski definition) is 1. The highest BCUT2D eigenvalue weighted by Gasteiger charge is 2.33. The van der Waals surface area contributed by atoms with Crippen LogP contribution in [0.25, 0.3) is 0 Å². The molecule has 2 heterocycles. The minimum atomic E-state index is -4.32. The van der Waals surface area contributed by atoms with E-state index in [1.165, 1.54) is 36.4 Å². The van der Waals surface area contributed by atoms with Crippen molar-refractivity contribution < 1.29 is 18.0 Å². The Morgan fingerprint density at radius 1 is 0.810 bits per heavy atom. The van der Waals surface area contributed by atoms with Crippen LogP contribution in [0.1, 0.15) is 20.7 Å². The number of nitrogens with one attached hydrogen (secondary N) is 1. The predicted octanol–water partition coefficient (Wildman–Crippen LogP) is 1.32. The largest absolute Gasteiger partial charge is 0.333 e. The summed E-state index contributed by atoms with van der Waals surface area (Å²) in [4.78, 5) is 24.4. The van der Waals surface area contributed by atoms with E-state index in [0.29, 0.717) is 4.31 Å². The molecule has 2 aliphatic rings. The number of carbonyl (C=O) groups is 2. The maximum Gasteiger partial charge on any atom is 0.333 e. The standard InChI is InChI=1S/C14H10N2O4S/c17-13-10-6-8-11(9-7-10)14(18)16(21(19,20)15-13)12-4-2-1-3-5-12/h1-9H,(H,15,17). The highest BCUT2D eigenvalue weighted by molar-refractivity contribution is 7.92. The summed E-state index contributed by atoms with van der Waals surface area (Å²) in [6.07, 6.45) is 0. The normalized spacial score (nSPS) is 16.9. The van der Waals surface area contributed by atoms with E-state index in [1.54, 1.807) is 18.2 Å². The van der Waals surface area contributed by atoms with Gasteiger partial charge in [0, 0.05) is 11.1 Å². The third-order valence-electron chi connectivity index (χ3n) is 3.03. The van der Waals surface area contributed by atoms with Gasteiger partial charge in [-0.15, -0.1) is 0 Å². The van der Waals surface area contributed by atoms with Crippen molar-refractivity contribution in [3.05, 3.63) is 65.7 Å². The Morgan fingerprint density at radius 3 is 2.00 bits per heavy atom. The molecule has 21 heavy (non-hydrogen) atoms. The molecule has 0 unspecified atom stereocenters. The van der Waals surface area contributed by atoms with Crippen LogP contribution in [0.4, 0.5) is 5.69 Å². The van der Waals surface area contributed by atoms with Crippen molar-refractivity contribution >= 4 is 27.7 Å². The molecule has 2 amide bonds. The van der Waals surface area contributed by atoms with Gasteiger partial charge in [0.1, 0.15) is 0 Å². The Hall–Kier alpha value is -2.67. The number of nitrogens with zero attached hydrogens (tertiary/aromatic N) is 1. The fourth-order valence-corrected chi connectivity index (χ4v) is 3.20. The first kappa shape index (κ1) is 13.3. The van der Waals surface area contributed by atoms with Crippen molar-refractivity contribution in [2.75, 3.05) is 4.31 Å². The maximum atomic E-state index is 12.5. The maximum absolute atomic E-state index is 12.5. The molecule has 7 heteroatoms. The third kappa shape index (κ3) is 2.27. The zero-order chi connectivity index (χ0) is 15.0. The summed E-state index contributed by atoms with van der Waals surface area (Å²) < 4.78 is 27.2. The molecule has 0 atom stereocenters. The summed E-state index contributed by atoms with van der Waals surface area (Å²) in [6.45, 7) is 0. The van der Waals surface area contributed by atoms with Gasteiger partial charge in [0.25, 0.3) is 11.8 Å². The lowest BCUT2D eigenvalue weighted by atomic mass is 10.1. The molecule has 0 aromatic heterocycles. The van der Waals surface area contributed by atoms with E-state index in [2.05, 4.69) is 0 Å². The number of anilines is 1. The van der Waals surface area contributed by atoms with E-state index in [0.717, 1.165) is 0 Å². The van der Waals surface area contributed by atoms with Crippen molar-refractivity contribution in [2.24, 2.45) is 0 Å². The summed E-state index contributed by atoms with van der Waals surface area (Å²) in [5, 5.41) is 0. The lowest BCUT2D eigenvalue weighted by Gasteiger charge is -2.21. The fourth-order valence-electron chi connectivity index (χ4n) is 2.03. The molecular formula is C14H10N2O4S. The van der Waals surface area contributed by atoms with Gasteiger partial charge in [-0.2, -0.15) is 12.7 Å². The molecule has 0 saturated carbocycles. The Labute approximate surface area is 121 Å². The first-order chi connectivity index (χ1) is 9.99. The van der Waals surface area contributed by atoms with E-state index in [-0.39, 0.29) is 16.8 Å². The second kappa shape index (κ2) is 4.71. The SMILES string of the molecule is O=C1NS(=O)(=O)N(c2ccccc2)C(=O)c2ccc1cc2. The van der Waals surface area contributed by atoms with Crippen LogP contribution in [0, 0.1) is 0 Å². The minimum Gasteiger partial charge on any atom is -0.268 e. The molecule has 2 aliphatic heterocycles. The van der Waals surface area contributed by atoms with Crippen molar-refractivity contribution in [3.63, 3.8) is 0 Å². The second-order valence-electron chi connectivity index (χ2n) is 4.42. The quantitative estimate of drug-likeness (QED) is 0.861. The van der Waals surface area contributed by atoms with Gasteiger partial charge in [-0.25, -0.2) is 4.72 Å². The number of rotatable bonds is 1. The highest BCUT2D eigenvalue weighted by Crippen LogP contribution is 2.22. The summed E-state index contributed by atoms with van der Waals surface area (Å²) in [6, 6.07) is 13.5. The fraction of sp³-hybridized carbons (Fsp3) is 0. The van der Waals surface area contributed by atoms with E-state index < -0.39 is 22.0 Å². The van der Waals surface area contributed by atoms with Gasteiger partial charge < -0.3 is 0 Å². The molecule has 0 spiro atoms. The van der Waals surface area contributed by atoms with Crippen molar-refractivity contribution in [1.82, 2.24) is 4.72 Å². The molecule has 0 aliphatic carbocycles. The Balaban J connectivity index is 2.22. The van der Waals surface area contributed by atoms with E-state index in [9.17, 15) is 18.0 Å². The predicted molar refractivity (Wildman–Crippen MR) is 76.1 cm³/mol. The van der Waals surface area contributed by atoms with Crippen LogP contribution in [-0.4, -0.2) is 20.2 Å². The molecule has 2 bridgehead atoms. The summed E-state index contributed by atoms with van der Waals surface area (Å²) >= 11 is 0. The zero-order valence-electron chi connectivity index (χ0n) is 10.7. The van der Waals surface area contributed by atoms with Crippen LogP contribution in [-0.2, 0) is 10.2 Å². The Morgan fingerprint density at radius 2 is 1.38 bits per heavy atom. The number of fused-ring (bicyclic) bond motifs is 6. The topological polar surface area (TPSA) is 83.6 Å². The molecule has 4 rings (SSSR count). The average Bonchev–Trinajstić information content (AvgIpc) is 2.52. The Kier molecular flexibility index (Phi) is 2.99. The molecule has 6 nitrogen and oxygen atoms in total. The Bertz CT molecular complexity index is 814. The summed E-state index contributed by atoms with van der Waals surface area (Å²) in [7, 11) is -4.32. The number of hydrogen-bond acceptors (Lipinski definition) is 4. The second-order valence-corrected chi connectivity index (χ2v) is 5.94. The van der Waals surface area contributed by atoms with Gasteiger partial charge in [0.15, 0.2) is 0 Å². The zero-order valence-corrected chi connectivity index (χ0v) is 11.5. The highest BCUT2D eigenvalue weighted by atomic mass is 32.2. The van der Waals surface area contributed by atoms with E-state index >= 15 is 0 Å². The van der Waals surface area contributed by atoms with Crippen molar-refractivity contribution in [2.45, 2.75) is 0 Å². The van der Waals surface area contributed by atoms with Gasteiger partial charge in [0.05, 0.1) is 5.69 Å². The molecule has 0 saturated heterocycles. The van der Waals surface area contributed by atoms with Gasteiger partial charge >= 0.3 is 10.2 Å². The van der Waals surface area contributed by atoms with Gasteiger partial charge in [0.2, 0.25) is 0 Å². The molecule has 2 aromatic rings. The smallest absolute Gasteiger partial charge is 0.268 e. The molecule has 1 N–H and O–H groups in total. The lowest BCUT2D eigenvalue weighted by Crippen LogP contribution is -2.46. The van der Waals surface area contributed by atoms with Crippen LogP contribution in [0.3, 0.4) is 0 Å². The number of amides is 2. The van der Waals surface area contributed by atoms with Crippen LogP contribution >= 0.6 is 0 Å². The summed E-state index contributed by atoms with van der Waals surface area (Å²) in [5.74, 6) is -1.51. The van der Waals surface area contributed by atoms with Gasteiger partial charge in [-0.1, -0.05) is 18.2 Å². The van der Waals surface area contributed by atoms with Gasteiger partial charge in [-0.3, -0.25) is 9.59 Å². The first-order valence-electron chi connectivity index (χ1n) is 6.06. The van der Waals surface area contributed by atoms with Crippen LogP contribution < -0.4 is 9.03 Å². The van der Waals surface area contributed by atoms with Crippen molar-refractivity contribution in [1.29, 1.82) is 0 Å². The van der Waals surface area contributed by atoms with E-state index in [1.807, 2.05) is 4.72 Å². The average molecular weight is 302 g/mol. The number of carbonyl (C=O) groups excluding carboxylic acids is 2. The first-order valence-corrected chi connectivity index (χ1v) is 7.50. The minimum absolute atomic E-state index is 0.160.